The molecule has 1 atom stereocenters. The summed E-state index contributed by atoms with van der Waals surface area (Å²) in [5, 5.41) is 19.4. The van der Waals surface area contributed by atoms with Crippen LogP contribution in [0.4, 0.5) is 4.79 Å². The molecule has 0 bridgehead atoms. The quantitative estimate of drug-likeness (QED) is 0.697. The second kappa shape index (κ2) is 6.40. The van der Waals surface area contributed by atoms with E-state index in [4.69, 9.17) is 14.9 Å². The number of carbonyl (C=O) groups is 3. The largest absolute Gasteiger partial charge is 0.481 e. The van der Waals surface area contributed by atoms with E-state index in [2.05, 4.69) is 5.32 Å². The van der Waals surface area contributed by atoms with Crippen LogP contribution in [-0.2, 0) is 14.3 Å². The van der Waals surface area contributed by atoms with E-state index in [9.17, 15) is 14.4 Å². The average molecular weight is 273 g/mol. The van der Waals surface area contributed by atoms with Crippen molar-refractivity contribution in [2.75, 3.05) is 0 Å². The zero-order chi connectivity index (χ0) is 14.5. The molecule has 7 nitrogen and oxygen atoms in total. The standard InChI is InChI=1S/C12H19NO6/c1-12(5-3-2-4-6-12)19-11(18)13-8(10(16)17)7-9(14)15/h8H,2-7H2,1H3,(H,13,18)(H,14,15)(H,16,17). The molecule has 7 heteroatoms. The van der Waals surface area contributed by atoms with Gasteiger partial charge in [0.25, 0.3) is 0 Å². The Labute approximate surface area is 110 Å². The smallest absolute Gasteiger partial charge is 0.408 e. The van der Waals surface area contributed by atoms with Gasteiger partial charge in [0.1, 0.15) is 11.6 Å². The molecule has 19 heavy (non-hydrogen) atoms. The first kappa shape index (κ1) is 15.3. The van der Waals surface area contributed by atoms with Gasteiger partial charge in [-0.2, -0.15) is 0 Å². The van der Waals surface area contributed by atoms with Crippen LogP contribution in [0.25, 0.3) is 0 Å². The molecule has 0 spiro atoms. The molecule has 108 valence electrons. The molecule has 0 aromatic rings. The van der Waals surface area contributed by atoms with Gasteiger partial charge in [0.05, 0.1) is 6.42 Å². The lowest BCUT2D eigenvalue weighted by Gasteiger charge is -2.33. The van der Waals surface area contributed by atoms with Crippen molar-refractivity contribution in [1.82, 2.24) is 5.32 Å². The predicted molar refractivity (Wildman–Crippen MR) is 64.8 cm³/mol. The summed E-state index contributed by atoms with van der Waals surface area (Å²) in [7, 11) is 0. The minimum absolute atomic E-state index is 0.589. The summed E-state index contributed by atoms with van der Waals surface area (Å²) in [6.45, 7) is 1.80. The first-order chi connectivity index (χ1) is 8.82. The Balaban J connectivity index is 2.52. The minimum Gasteiger partial charge on any atom is -0.481 e. The fourth-order valence-corrected chi connectivity index (χ4v) is 2.17. The highest BCUT2D eigenvalue weighted by molar-refractivity contribution is 5.84. The van der Waals surface area contributed by atoms with Crippen LogP contribution in [0.3, 0.4) is 0 Å². The van der Waals surface area contributed by atoms with Gasteiger partial charge < -0.3 is 20.3 Å². The Bertz CT molecular complexity index is 361. The molecule has 1 aliphatic rings. The zero-order valence-corrected chi connectivity index (χ0v) is 10.8. The van der Waals surface area contributed by atoms with E-state index in [1.807, 2.05) is 0 Å². The lowest BCUT2D eigenvalue weighted by Crippen LogP contribution is -2.46. The van der Waals surface area contributed by atoms with Crippen molar-refractivity contribution < 1.29 is 29.3 Å². The van der Waals surface area contributed by atoms with Gasteiger partial charge in [0, 0.05) is 0 Å². The Hall–Kier alpha value is -1.79. The molecule has 0 radical (unpaired) electrons. The van der Waals surface area contributed by atoms with Crippen LogP contribution in [0, 0.1) is 0 Å². The summed E-state index contributed by atoms with van der Waals surface area (Å²) < 4.78 is 5.23. The van der Waals surface area contributed by atoms with E-state index in [-0.39, 0.29) is 0 Å². The molecule has 1 aliphatic carbocycles. The number of carboxylic acid groups (broad SMARTS) is 2. The van der Waals surface area contributed by atoms with Crippen molar-refractivity contribution in [2.24, 2.45) is 0 Å². The van der Waals surface area contributed by atoms with Crippen LogP contribution in [0.2, 0.25) is 0 Å². The maximum Gasteiger partial charge on any atom is 0.408 e. The van der Waals surface area contributed by atoms with Crippen LogP contribution < -0.4 is 5.32 Å². The number of carbonyl (C=O) groups excluding carboxylic acids is 1. The Morgan fingerprint density at radius 1 is 1.21 bits per heavy atom. The maximum absolute atomic E-state index is 11.6. The number of aliphatic carboxylic acids is 2. The monoisotopic (exact) mass is 273 g/mol. The summed E-state index contributed by atoms with van der Waals surface area (Å²) in [5.74, 6) is -2.69. The molecular formula is C12H19NO6. The Kier molecular flexibility index (Phi) is 5.14. The average Bonchev–Trinajstić information content (AvgIpc) is 2.27. The van der Waals surface area contributed by atoms with Gasteiger partial charge in [0.2, 0.25) is 0 Å². The molecule has 0 aliphatic heterocycles. The van der Waals surface area contributed by atoms with Gasteiger partial charge in [-0.1, -0.05) is 6.42 Å². The van der Waals surface area contributed by atoms with E-state index >= 15 is 0 Å². The molecule has 1 rings (SSSR count). The highest BCUT2D eigenvalue weighted by atomic mass is 16.6. The van der Waals surface area contributed by atoms with Crippen LogP contribution in [0.1, 0.15) is 45.4 Å². The van der Waals surface area contributed by atoms with Crippen molar-refractivity contribution in [3.63, 3.8) is 0 Å². The zero-order valence-electron chi connectivity index (χ0n) is 10.8. The van der Waals surface area contributed by atoms with Crippen LogP contribution >= 0.6 is 0 Å². The number of carboxylic acids is 2. The number of rotatable bonds is 5. The van der Waals surface area contributed by atoms with Crippen molar-refractivity contribution >= 4 is 18.0 Å². The predicted octanol–water partition coefficient (Wildman–Crippen LogP) is 1.36. The summed E-state index contributed by atoms with van der Waals surface area (Å²) in [6.07, 6.45) is 2.92. The summed E-state index contributed by atoms with van der Waals surface area (Å²) in [4.78, 5) is 32.9. The number of nitrogens with one attached hydrogen (secondary N) is 1. The first-order valence-corrected chi connectivity index (χ1v) is 6.26. The van der Waals surface area contributed by atoms with Gasteiger partial charge in [-0.15, -0.1) is 0 Å². The second-order valence-electron chi connectivity index (χ2n) is 5.03. The van der Waals surface area contributed by atoms with Crippen molar-refractivity contribution in [3.8, 4) is 0 Å². The van der Waals surface area contributed by atoms with Gasteiger partial charge in [-0.3, -0.25) is 4.79 Å². The number of ether oxygens (including phenoxy) is 1. The molecule has 0 aromatic heterocycles. The molecule has 0 saturated heterocycles. The number of alkyl carbamates (subject to hydrolysis) is 1. The summed E-state index contributed by atoms with van der Waals surface area (Å²) >= 11 is 0. The Morgan fingerprint density at radius 2 is 1.79 bits per heavy atom. The second-order valence-corrected chi connectivity index (χ2v) is 5.03. The third kappa shape index (κ3) is 5.15. The fourth-order valence-electron chi connectivity index (χ4n) is 2.17. The van der Waals surface area contributed by atoms with E-state index in [0.717, 1.165) is 32.1 Å². The third-order valence-electron chi connectivity index (χ3n) is 3.22. The minimum atomic E-state index is -1.47. The molecular weight excluding hydrogens is 254 g/mol. The van der Waals surface area contributed by atoms with Gasteiger partial charge in [0.15, 0.2) is 0 Å². The SMILES string of the molecule is CC1(OC(=O)NC(CC(=O)O)C(=O)O)CCCCC1. The fraction of sp³-hybridized carbons (Fsp3) is 0.750. The molecule has 0 aromatic carbocycles. The van der Waals surface area contributed by atoms with Crippen molar-refractivity contribution in [1.29, 1.82) is 0 Å². The molecule has 3 N–H and O–H groups in total. The van der Waals surface area contributed by atoms with Crippen molar-refractivity contribution in [3.05, 3.63) is 0 Å². The van der Waals surface area contributed by atoms with E-state index < -0.39 is 36.1 Å². The van der Waals surface area contributed by atoms with Crippen molar-refractivity contribution in [2.45, 2.75) is 57.1 Å². The molecule has 1 unspecified atom stereocenters. The topological polar surface area (TPSA) is 113 Å². The van der Waals surface area contributed by atoms with E-state index in [1.165, 1.54) is 0 Å². The maximum atomic E-state index is 11.6. The highest BCUT2D eigenvalue weighted by Gasteiger charge is 2.32. The number of hydrogen-bond acceptors (Lipinski definition) is 4. The van der Waals surface area contributed by atoms with Gasteiger partial charge in [-0.05, 0) is 32.6 Å². The van der Waals surface area contributed by atoms with Crippen LogP contribution in [-0.4, -0.2) is 39.9 Å². The van der Waals surface area contributed by atoms with Gasteiger partial charge >= 0.3 is 18.0 Å². The van der Waals surface area contributed by atoms with Crippen LogP contribution in [0.15, 0.2) is 0 Å². The molecule has 1 amide bonds. The van der Waals surface area contributed by atoms with Gasteiger partial charge in [-0.25, -0.2) is 9.59 Å². The normalized spacial score (nSPS) is 19.2. The number of hydrogen-bond donors (Lipinski definition) is 3. The molecule has 0 heterocycles. The van der Waals surface area contributed by atoms with E-state index in [0.29, 0.717) is 0 Å². The summed E-state index contributed by atoms with van der Waals surface area (Å²) in [6, 6.07) is -1.47. The number of amides is 1. The molecule has 1 fully saturated rings. The summed E-state index contributed by atoms with van der Waals surface area (Å²) in [5.41, 5.74) is -0.589. The van der Waals surface area contributed by atoms with Crippen LogP contribution in [0.5, 0.6) is 0 Å². The molecule has 1 saturated carbocycles. The highest BCUT2D eigenvalue weighted by Crippen LogP contribution is 2.31. The third-order valence-corrected chi connectivity index (χ3v) is 3.22. The first-order valence-electron chi connectivity index (χ1n) is 6.26. The Morgan fingerprint density at radius 3 is 2.26 bits per heavy atom. The lowest BCUT2D eigenvalue weighted by molar-refractivity contribution is -0.145. The lowest BCUT2D eigenvalue weighted by atomic mass is 9.86. The van der Waals surface area contributed by atoms with E-state index in [1.54, 1.807) is 6.92 Å².